The van der Waals surface area contributed by atoms with E-state index in [0.29, 0.717) is 18.4 Å². The Labute approximate surface area is 207 Å². The molecule has 6 nitrogen and oxygen atoms in total. The first-order chi connectivity index (χ1) is 15.0. The fourth-order valence-electron chi connectivity index (χ4n) is 3.43. The number of halogens is 1. The molecule has 0 atom stereocenters. The number of primary sulfonamides is 1. The molecule has 3 aromatic carbocycles. The molecule has 0 aromatic heterocycles. The Bertz CT molecular complexity index is 1050. The van der Waals surface area contributed by atoms with Crippen LogP contribution in [0.1, 0.15) is 29.0 Å². The van der Waals surface area contributed by atoms with Gasteiger partial charge in [-0.2, -0.15) is 0 Å². The molecule has 32 heavy (non-hydrogen) atoms. The number of nitrogens with zero attached hydrogens (tertiary/aromatic N) is 1. The first-order valence-corrected chi connectivity index (χ1v) is 11.7. The minimum Gasteiger partial charge on any atom is -0.356 e. The Morgan fingerprint density at radius 1 is 0.875 bits per heavy atom. The van der Waals surface area contributed by atoms with Gasteiger partial charge in [0.05, 0.1) is 4.90 Å². The molecule has 0 aliphatic heterocycles. The molecular weight excluding hydrogens is 535 g/mol. The van der Waals surface area contributed by atoms with Crippen molar-refractivity contribution >= 4 is 40.0 Å². The zero-order valence-corrected chi connectivity index (χ0v) is 21.1. The van der Waals surface area contributed by atoms with E-state index < -0.39 is 10.0 Å². The van der Waals surface area contributed by atoms with E-state index >= 15 is 0 Å². The first kappa shape index (κ1) is 25.8. The zero-order valence-electron chi connectivity index (χ0n) is 17.9. The smallest absolute Gasteiger partial charge is 0.238 e. The number of rotatable bonds is 8. The molecule has 3 aromatic rings. The second kappa shape index (κ2) is 12.6. The molecule has 0 radical (unpaired) electrons. The molecule has 0 amide bonds. The van der Waals surface area contributed by atoms with Gasteiger partial charge in [-0.05, 0) is 35.2 Å². The van der Waals surface area contributed by atoms with Crippen molar-refractivity contribution in [3.05, 3.63) is 102 Å². The summed E-state index contributed by atoms with van der Waals surface area (Å²) in [6.45, 7) is 1.27. The van der Waals surface area contributed by atoms with Crippen LogP contribution in [-0.4, -0.2) is 28.0 Å². The zero-order chi connectivity index (χ0) is 22.1. The normalized spacial score (nSPS) is 11.7. The second-order valence-electron chi connectivity index (χ2n) is 7.20. The lowest BCUT2D eigenvalue weighted by Gasteiger charge is -2.19. The van der Waals surface area contributed by atoms with E-state index in [1.54, 1.807) is 19.2 Å². The van der Waals surface area contributed by atoms with Crippen molar-refractivity contribution < 1.29 is 8.42 Å². The molecule has 0 saturated heterocycles. The standard InChI is InChI=1S/C24H28N4O2S.HI/c1-26-24(28-18-19-12-14-22(15-13-19)31(25,29)30)27-17-16-23(20-8-4-2-5-9-20)21-10-6-3-7-11-21;/h2-15,23H,16-18H2,1H3,(H2,25,29,30)(H2,26,27,28);1H. The topological polar surface area (TPSA) is 96.6 Å². The Morgan fingerprint density at radius 2 is 1.41 bits per heavy atom. The summed E-state index contributed by atoms with van der Waals surface area (Å²) < 4.78 is 22.7. The Kier molecular flexibility index (Phi) is 10.1. The average Bonchev–Trinajstić information content (AvgIpc) is 2.79. The largest absolute Gasteiger partial charge is 0.356 e. The van der Waals surface area contributed by atoms with Crippen molar-refractivity contribution in [2.24, 2.45) is 10.1 Å². The Morgan fingerprint density at radius 3 is 1.88 bits per heavy atom. The molecule has 0 bridgehead atoms. The van der Waals surface area contributed by atoms with E-state index in [1.807, 2.05) is 12.1 Å². The van der Waals surface area contributed by atoms with E-state index in [0.717, 1.165) is 18.5 Å². The van der Waals surface area contributed by atoms with Gasteiger partial charge >= 0.3 is 0 Å². The number of nitrogens with two attached hydrogens (primary N) is 1. The highest BCUT2D eigenvalue weighted by Gasteiger charge is 2.14. The van der Waals surface area contributed by atoms with Gasteiger partial charge in [0, 0.05) is 26.1 Å². The van der Waals surface area contributed by atoms with E-state index in [9.17, 15) is 8.42 Å². The van der Waals surface area contributed by atoms with Crippen LogP contribution in [-0.2, 0) is 16.6 Å². The summed E-state index contributed by atoms with van der Waals surface area (Å²) in [4.78, 5) is 4.38. The third-order valence-electron chi connectivity index (χ3n) is 5.06. The summed E-state index contributed by atoms with van der Waals surface area (Å²) in [6, 6.07) is 27.5. The van der Waals surface area contributed by atoms with Crippen LogP contribution in [0.3, 0.4) is 0 Å². The van der Waals surface area contributed by atoms with Crippen LogP contribution in [0.5, 0.6) is 0 Å². The molecule has 3 rings (SSSR count). The van der Waals surface area contributed by atoms with E-state index in [1.165, 1.54) is 23.3 Å². The molecule has 0 spiro atoms. The van der Waals surface area contributed by atoms with Crippen LogP contribution in [0.15, 0.2) is 94.8 Å². The fourth-order valence-corrected chi connectivity index (χ4v) is 3.95. The minimum absolute atomic E-state index is 0. The van der Waals surface area contributed by atoms with Gasteiger partial charge in [-0.15, -0.1) is 24.0 Å². The Balaban J connectivity index is 0.00000363. The molecule has 8 heteroatoms. The highest BCUT2D eigenvalue weighted by Crippen LogP contribution is 2.27. The lowest BCUT2D eigenvalue weighted by Crippen LogP contribution is -2.37. The maximum absolute atomic E-state index is 11.4. The van der Waals surface area contributed by atoms with Crippen LogP contribution in [0.4, 0.5) is 0 Å². The monoisotopic (exact) mass is 564 g/mol. The van der Waals surface area contributed by atoms with Gasteiger partial charge < -0.3 is 10.6 Å². The summed E-state index contributed by atoms with van der Waals surface area (Å²) in [6.07, 6.45) is 0.914. The summed E-state index contributed by atoms with van der Waals surface area (Å²) >= 11 is 0. The number of sulfonamides is 1. The Hall–Kier alpha value is -2.43. The van der Waals surface area contributed by atoms with Gasteiger partial charge in [0.1, 0.15) is 0 Å². The van der Waals surface area contributed by atoms with Crippen molar-refractivity contribution in [2.45, 2.75) is 23.8 Å². The summed E-state index contributed by atoms with van der Waals surface area (Å²) in [7, 11) is -1.95. The van der Waals surface area contributed by atoms with Gasteiger partial charge in [-0.3, -0.25) is 4.99 Å². The molecule has 0 unspecified atom stereocenters. The fraction of sp³-hybridized carbons (Fsp3) is 0.208. The number of hydrogen-bond acceptors (Lipinski definition) is 3. The second-order valence-corrected chi connectivity index (χ2v) is 8.77. The third kappa shape index (κ3) is 7.61. The van der Waals surface area contributed by atoms with Gasteiger partial charge in [-0.25, -0.2) is 13.6 Å². The van der Waals surface area contributed by atoms with E-state index in [4.69, 9.17) is 5.14 Å². The number of guanidine groups is 1. The van der Waals surface area contributed by atoms with Crippen molar-refractivity contribution in [2.75, 3.05) is 13.6 Å². The number of nitrogens with one attached hydrogen (secondary N) is 2. The molecule has 0 saturated carbocycles. The number of aliphatic imine (C=N–C) groups is 1. The van der Waals surface area contributed by atoms with Crippen molar-refractivity contribution in [1.82, 2.24) is 10.6 Å². The van der Waals surface area contributed by atoms with Crippen LogP contribution in [0.2, 0.25) is 0 Å². The van der Waals surface area contributed by atoms with Crippen molar-refractivity contribution in [3.8, 4) is 0 Å². The number of hydrogen-bond donors (Lipinski definition) is 3. The maximum Gasteiger partial charge on any atom is 0.238 e. The molecule has 0 fully saturated rings. The molecule has 0 heterocycles. The van der Waals surface area contributed by atoms with Crippen LogP contribution in [0.25, 0.3) is 0 Å². The summed E-state index contributed by atoms with van der Waals surface area (Å²) in [5.74, 6) is 0.981. The maximum atomic E-state index is 11.4. The molecule has 4 N–H and O–H groups in total. The molecule has 0 aliphatic rings. The van der Waals surface area contributed by atoms with Gasteiger partial charge in [0.25, 0.3) is 0 Å². The molecule has 170 valence electrons. The van der Waals surface area contributed by atoms with Gasteiger partial charge in [0.2, 0.25) is 10.0 Å². The predicted molar refractivity (Wildman–Crippen MR) is 141 cm³/mol. The summed E-state index contributed by atoms with van der Waals surface area (Å²) in [5.41, 5.74) is 3.50. The number of benzene rings is 3. The molecule has 0 aliphatic carbocycles. The van der Waals surface area contributed by atoms with Crippen LogP contribution in [0, 0.1) is 0 Å². The van der Waals surface area contributed by atoms with Crippen LogP contribution < -0.4 is 15.8 Å². The predicted octanol–water partition coefficient (Wildman–Crippen LogP) is 3.84. The lowest BCUT2D eigenvalue weighted by atomic mass is 9.88. The van der Waals surface area contributed by atoms with Crippen molar-refractivity contribution in [1.29, 1.82) is 0 Å². The highest BCUT2D eigenvalue weighted by atomic mass is 127. The highest BCUT2D eigenvalue weighted by molar-refractivity contribution is 14.0. The first-order valence-electron chi connectivity index (χ1n) is 10.1. The average molecular weight is 564 g/mol. The van der Waals surface area contributed by atoms with Gasteiger partial charge in [-0.1, -0.05) is 72.8 Å². The van der Waals surface area contributed by atoms with Gasteiger partial charge in [0.15, 0.2) is 5.96 Å². The quantitative estimate of drug-likeness (QED) is 0.220. The molecular formula is C24H29IN4O2S. The lowest BCUT2D eigenvalue weighted by molar-refractivity contribution is 0.597. The van der Waals surface area contributed by atoms with Crippen molar-refractivity contribution in [3.63, 3.8) is 0 Å². The van der Waals surface area contributed by atoms with E-state index in [2.05, 4.69) is 64.2 Å². The SMILES string of the molecule is CN=C(NCCC(c1ccccc1)c1ccccc1)NCc1ccc(S(N)(=O)=O)cc1.I. The van der Waals surface area contributed by atoms with Crippen LogP contribution >= 0.6 is 24.0 Å². The third-order valence-corrected chi connectivity index (χ3v) is 5.99. The minimum atomic E-state index is -3.68. The van der Waals surface area contributed by atoms with E-state index in [-0.39, 0.29) is 28.9 Å². The summed E-state index contributed by atoms with van der Waals surface area (Å²) in [5, 5.41) is 11.8.